The molecule has 188 valence electrons. The van der Waals surface area contributed by atoms with Crippen LogP contribution in [0.5, 0.6) is 0 Å². The van der Waals surface area contributed by atoms with Gasteiger partial charge in [0.1, 0.15) is 19.8 Å². The fourth-order valence-corrected chi connectivity index (χ4v) is 2.41. The Morgan fingerprint density at radius 1 is 0.676 bits per heavy atom. The fourth-order valence-electron chi connectivity index (χ4n) is 2.41. The average Bonchev–Trinajstić information content (AvgIpc) is 2.73. The maximum Gasteiger partial charge on any atom is 0.336 e. The molecule has 0 amide bonds. The van der Waals surface area contributed by atoms with E-state index >= 15 is 0 Å². The van der Waals surface area contributed by atoms with Crippen molar-refractivity contribution in [1.82, 2.24) is 13.7 Å². The molecule has 0 radical (unpaired) electrons. The molecule has 0 aliphatic carbocycles. The van der Waals surface area contributed by atoms with Gasteiger partial charge in [-0.15, -0.1) is 0 Å². The Hall–Kier alpha value is -3.70. The highest BCUT2D eigenvalue weighted by molar-refractivity contribution is 5.87. The van der Waals surface area contributed by atoms with Gasteiger partial charge in [-0.05, 0) is 34.6 Å². The maximum absolute atomic E-state index is 12.8. The van der Waals surface area contributed by atoms with Gasteiger partial charge in [-0.1, -0.05) is 13.2 Å². The van der Waals surface area contributed by atoms with Gasteiger partial charge < -0.3 is 14.2 Å². The Morgan fingerprint density at radius 3 is 1.24 bits per heavy atom. The Kier molecular flexibility index (Phi) is 9.96. The third-order valence-electron chi connectivity index (χ3n) is 4.34. The second-order valence-corrected chi connectivity index (χ2v) is 8.52. The molecule has 0 atom stereocenters. The van der Waals surface area contributed by atoms with E-state index in [9.17, 15) is 28.8 Å². The number of aromatic nitrogens is 3. The summed E-state index contributed by atoms with van der Waals surface area (Å²) in [6.45, 7) is 12.7. The first kappa shape index (κ1) is 28.3. The van der Waals surface area contributed by atoms with E-state index in [0.717, 1.165) is 4.57 Å². The summed E-state index contributed by atoms with van der Waals surface area (Å²) in [5.41, 5.74) is -3.43. The molecular formula is C22H31N3O9. The molecule has 0 N–H and O–H groups in total. The Labute approximate surface area is 196 Å². The van der Waals surface area contributed by atoms with Gasteiger partial charge in [0.2, 0.25) is 0 Å². The molecule has 1 heterocycles. The molecule has 12 nitrogen and oxygen atoms in total. The molecular weight excluding hydrogens is 450 g/mol. The first-order valence-electron chi connectivity index (χ1n) is 10.5. The molecule has 0 saturated carbocycles. The van der Waals surface area contributed by atoms with Gasteiger partial charge in [0, 0.05) is 11.1 Å². The van der Waals surface area contributed by atoms with Crippen LogP contribution in [-0.2, 0) is 48.2 Å². The maximum atomic E-state index is 12.8. The van der Waals surface area contributed by atoms with Gasteiger partial charge in [-0.2, -0.15) is 0 Å². The van der Waals surface area contributed by atoms with E-state index in [1.54, 1.807) is 20.8 Å². The monoisotopic (exact) mass is 481 g/mol. The Morgan fingerprint density at radius 2 is 0.971 bits per heavy atom. The van der Waals surface area contributed by atoms with Crippen LogP contribution in [0.15, 0.2) is 38.7 Å². The van der Waals surface area contributed by atoms with Crippen LogP contribution in [-0.4, -0.2) is 51.4 Å². The van der Waals surface area contributed by atoms with E-state index in [1.807, 2.05) is 0 Å². The van der Waals surface area contributed by atoms with Crippen LogP contribution in [0.3, 0.4) is 0 Å². The standard InChI is InChI=1S/C22H31N3O9/c1-14(2)16(26)32-11-8-23-19(29)24(9-12-33-17(27)15(3)4)21(31)25(20(23)30)10-13-34-18(28)22(5,6)7/h1,3,8-13H2,2,4-7H3. The average molecular weight is 482 g/mol. The summed E-state index contributed by atoms with van der Waals surface area (Å²) in [5, 5.41) is 0. The van der Waals surface area contributed by atoms with E-state index in [0.29, 0.717) is 9.13 Å². The zero-order chi connectivity index (χ0) is 26.2. The topological polar surface area (TPSA) is 145 Å². The lowest BCUT2D eigenvalue weighted by Crippen LogP contribution is -2.55. The van der Waals surface area contributed by atoms with Crippen LogP contribution < -0.4 is 17.1 Å². The number of esters is 3. The number of carbonyl (C=O) groups excluding carboxylic acids is 3. The smallest absolute Gasteiger partial charge is 0.336 e. The van der Waals surface area contributed by atoms with Crippen LogP contribution in [0.25, 0.3) is 0 Å². The van der Waals surface area contributed by atoms with E-state index in [2.05, 4.69) is 13.2 Å². The highest BCUT2D eigenvalue weighted by atomic mass is 16.5. The first-order valence-corrected chi connectivity index (χ1v) is 10.5. The third kappa shape index (κ3) is 7.71. The molecule has 1 aromatic rings. The van der Waals surface area contributed by atoms with Gasteiger partial charge in [-0.3, -0.25) is 4.79 Å². The van der Waals surface area contributed by atoms with Crippen molar-refractivity contribution < 1.29 is 28.6 Å². The molecule has 1 rings (SSSR count). The molecule has 0 saturated heterocycles. The van der Waals surface area contributed by atoms with Crippen molar-refractivity contribution in [3.05, 3.63) is 55.8 Å². The number of rotatable bonds is 11. The number of ether oxygens (including phenoxy) is 3. The SMILES string of the molecule is C=C(C)C(=O)OCCn1c(=O)n(CCOC(=O)C(=C)C)c(=O)n(CCOC(=O)C(C)(C)C)c1=O. The van der Waals surface area contributed by atoms with Crippen molar-refractivity contribution in [3.8, 4) is 0 Å². The highest BCUT2D eigenvalue weighted by Gasteiger charge is 2.23. The predicted octanol–water partition coefficient (Wildman–Crippen LogP) is -0.000400. The normalized spacial score (nSPS) is 11.0. The molecule has 12 heteroatoms. The van der Waals surface area contributed by atoms with E-state index in [4.69, 9.17) is 14.2 Å². The van der Waals surface area contributed by atoms with Crippen LogP contribution in [0.4, 0.5) is 0 Å². The lowest BCUT2D eigenvalue weighted by molar-refractivity contribution is -0.153. The summed E-state index contributed by atoms with van der Waals surface area (Å²) in [4.78, 5) is 73.6. The predicted molar refractivity (Wildman–Crippen MR) is 121 cm³/mol. The number of carbonyl (C=O) groups is 3. The summed E-state index contributed by atoms with van der Waals surface area (Å²) in [7, 11) is 0. The molecule has 0 aliphatic heterocycles. The zero-order valence-corrected chi connectivity index (χ0v) is 20.2. The number of nitrogens with zero attached hydrogens (tertiary/aromatic N) is 3. The summed E-state index contributed by atoms with van der Waals surface area (Å²) in [6, 6.07) is 0. The molecule has 0 aliphatic rings. The Bertz CT molecular complexity index is 1080. The lowest BCUT2D eigenvalue weighted by Gasteiger charge is -2.17. The summed E-state index contributed by atoms with van der Waals surface area (Å²) in [5.74, 6) is -1.95. The van der Waals surface area contributed by atoms with Crippen LogP contribution in [0.2, 0.25) is 0 Å². The second-order valence-electron chi connectivity index (χ2n) is 8.52. The molecule has 0 fully saturated rings. The van der Waals surface area contributed by atoms with E-state index in [-0.39, 0.29) is 50.6 Å². The molecule has 0 bridgehead atoms. The van der Waals surface area contributed by atoms with Crippen LogP contribution in [0.1, 0.15) is 34.6 Å². The molecule has 34 heavy (non-hydrogen) atoms. The van der Waals surface area contributed by atoms with E-state index in [1.165, 1.54) is 13.8 Å². The number of hydrogen-bond donors (Lipinski definition) is 0. The van der Waals surface area contributed by atoms with Crippen molar-refractivity contribution in [2.75, 3.05) is 19.8 Å². The zero-order valence-electron chi connectivity index (χ0n) is 20.2. The van der Waals surface area contributed by atoms with Gasteiger partial charge in [-0.25, -0.2) is 37.7 Å². The highest BCUT2D eigenvalue weighted by Crippen LogP contribution is 2.14. The van der Waals surface area contributed by atoms with E-state index < -0.39 is 40.4 Å². The van der Waals surface area contributed by atoms with Crippen LogP contribution >= 0.6 is 0 Å². The second kappa shape index (κ2) is 12.0. The minimum absolute atomic E-state index is 0.134. The minimum Gasteiger partial charge on any atom is -0.463 e. The lowest BCUT2D eigenvalue weighted by atomic mass is 9.97. The summed E-state index contributed by atoms with van der Waals surface area (Å²) < 4.78 is 17.1. The summed E-state index contributed by atoms with van der Waals surface area (Å²) >= 11 is 0. The minimum atomic E-state index is -0.976. The summed E-state index contributed by atoms with van der Waals surface area (Å²) in [6.07, 6.45) is 0. The van der Waals surface area contributed by atoms with Crippen molar-refractivity contribution in [3.63, 3.8) is 0 Å². The molecule has 0 aromatic carbocycles. The molecule has 0 unspecified atom stereocenters. The first-order chi connectivity index (χ1) is 15.7. The van der Waals surface area contributed by atoms with Gasteiger partial charge >= 0.3 is 35.0 Å². The van der Waals surface area contributed by atoms with Crippen molar-refractivity contribution in [2.45, 2.75) is 54.3 Å². The Balaban J connectivity index is 3.25. The molecule has 0 spiro atoms. The van der Waals surface area contributed by atoms with Gasteiger partial charge in [0.25, 0.3) is 0 Å². The van der Waals surface area contributed by atoms with Gasteiger partial charge in [0.05, 0.1) is 25.0 Å². The van der Waals surface area contributed by atoms with Crippen LogP contribution in [0, 0.1) is 5.41 Å². The van der Waals surface area contributed by atoms with Crippen molar-refractivity contribution in [1.29, 1.82) is 0 Å². The van der Waals surface area contributed by atoms with Crippen molar-refractivity contribution >= 4 is 17.9 Å². The fraction of sp³-hybridized carbons (Fsp3) is 0.545. The molecule has 1 aromatic heterocycles. The van der Waals surface area contributed by atoms with Gasteiger partial charge in [0.15, 0.2) is 0 Å². The quantitative estimate of drug-likeness (QED) is 0.242. The largest absolute Gasteiger partial charge is 0.463 e. The van der Waals surface area contributed by atoms with Crippen molar-refractivity contribution in [2.24, 2.45) is 5.41 Å². The third-order valence-corrected chi connectivity index (χ3v) is 4.34. The number of hydrogen-bond acceptors (Lipinski definition) is 9.